The molecule has 0 N–H and O–H groups in total. The second-order valence-corrected chi connectivity index (χ2v) is 6.96. The summed E-state index contributed by atoms with van der Waals surface area (Å²) in [6, 6.07) is 10.9. The van der Waals surface area contributed by atoms with E-state index in [9.17, 15) is 4.79 Å². The van der Waals surface area contributed by atoms with E-state index < -0.39 is 0 Å². The second-order valence-electron chi connectivity index (χ2n) is 6.96. The van der Waals surface area contributed by atoms with Crippen molar-refractivity contribution < 1.29 is 4.79 Å². The highest BCUT2D eigenvalue weighted by molar-refractivity contribution is 5.80. The van der Waals surface area contributed by atoms with Gasteiger partial charge in [-0.05, 0) is 24.8 Å². The number of rotatable bonds is 5. The maximum absolute atomic E-state index is 12.4. The van der Waals surface area contributed by atoms with Crippen LogP contribution in [0.25, 0.3) is 0 Å². The van der Waals surface area contributed by atoms with Gasteiger partial charge in [-0.1, -0.05) is 43.2 Å². The number of aromatic nitrogens is 3. The molecule has 126 valence electrons. The van der Waals surface area contributed by atoms with Crippen LogP contribution in [0, 0.1) is 0 Å². The number of likely N-dealkylation sites (tertiary alicyclic amines) is 1. The van der Waals surface area contributed by atoms with E-state index in [1.54, 1.807) is 6.33 Å². The summed E-state index contributed by atoms with van der Waals surface area (Å²) in [6.45, 7) is 1.63. The van der Waals surface area contributed by atoms with Gasteiger partial charge in [-0.25, -0.2) is 9.67 Å². The molecule has 1 saturated heterocycles. The molecular formula is C19H24N4O. The molecule has 0 spiro atoms. The highest BCUT2D eigenvalue weighted by atomic mass is 16.2. The summed E-state index contributed by atoms with van der Waals surface area (Å²) in [5, 5.41) is 4.40. The van der Waals surface area contributed by atoms with Crippen molar-refractivity contribution in [2.75, 3.05) is 6.54 Å². The minimum Gasteiger partial charge on any atom is -0.339 e. The fraction of sp³-hybridized carbons (Fsp3) is 0.526. The van der Waals surface area contributed by atoms with Crippen LogP contribution in [0.15, 0.2) is 36.7 Å². The topological polar surface area (TPSA) is 51.0 Å². The lowest BCUT2D eigenvalue weighted by molar-refractivity contribution is -0.129. The smallest absolute Gasteiger partial charge is 0.223 e. The fourth-order valence-electron chi connectivity index (χ4n) is 4.11. The largest absolute Gasteiger partial charge is 0.339 e. The Morgan fingerprint density at radius 1 is 1.12 bits per heavy atom. The Balaban J connectivity index is 1.43. The van der Waals surface area contributed by atoms with Gasteiger partial charge in [0.25, 0.3) is 0 Å². The normalized spacial score (nSPS) is 21.8. The van der Waals surface area contributed by atoms with E-state index >= 15 is 0 Å². The third-order valence-corrected chi connectivity index (χ3v) is 5.39. The molecule has 1 saturated carbocycles. The van der Waals surface area contributed by atoms with Gasteiger partial charge in [0.05, 0.1) is 0 Å². The molecule has 1 aromatic heterocycles. The van der Waals surface area contributed by atoms with E-state index in [1.807, 2.05) is 10.7 Å². The van der Waals surface area contributed by atoms with Gasteiger partial charge in [0.2, 0.25) is 5.91 Å². The zero-order chi connectivity index (χ0) is 16.4. The fourth-order valence-corrected chi connectivity index (χ4v) is 4.11. The van der Waals surface area contributed by atoms with Crippen molar-refractivity contribution in [1.29, 1.82) is 0 Å². The maximum Gasteiger partial charge on any atom is 0.223 e. The molecule has 1 atom stereocenters. The summed E-state index contributed by atoms with van der Waals surface area (Å²) in [6.07, 6.45) is 7.99. The van der Waals surface area contributed by atoms with Crippen LogP contribution < -0.4 is 0 Å². The first-order chi connectivity index (χ1) is 11.8. The number of benzene rings is 1. The Bertz CT molecular complexity index is 690. The predicted octanol–water partition coefficient (Wildman–Crippen LogP) is 2.78. The van der Waals surface area contributed by atoms with Crippen LogP contribution in [0.2, 0.25) is 0 Å². The van der Waals surface area contributed by atoms with Gasteiger partial charge < -0.3 is 4.90 Å². The first-order valence-electron chi connectivity index (χ1n) is 9.02. The average Bonchev–Trinajstić information content (AvgIpc) is 3.34. The van der Waals surface area contributed by atoms with Crippen LogP contribution in [0.1, 0.15) is 49.4 Å². The Labute approximate surface area is 142 Å². The molecule has 2 heterocycles. The number of carbonyl (C=O) groups is 1. The molecule has 1 aliphatic carbocycles. The molecule has 1 amide bonds. The predicted molar refractivity (Wildman–Crippen MR) is 91.5 cm³/mol. The third kappa shape index (κ3) is 3.07. The SMILES string of the molecule is O=C1CC(c2ncnn2CCc2ccccc2)CN1C1CCCC1. The van der Waals surface area contributed by atoms with Crippen LogP contribution in [-0.2, 0) is 17.8 Å². The lowest BCUT2D eigenvalue weighted by Gasteiger charge is -2.24. The molecule has 1 aliphatic heterocycles. The number of nitrogens with zero attached hydrogens (tertiary/aromatic N) is 4. The molecule has 5 nitrogen and oxygen atoms in total. The van der Waals surface area contributed by atoms with Gasteiger partial charge in [0, 0.05) is 31.5 Å². The van der Waals surface area contributed by atoms with Crippen LogP contribution >= 0.6 is 0 Å². The van der Waals surface area contributed by atoms with Crippen molar-refractivity contribution in [2.45, 2.75) is 57.0 Å². The Morgan fingerprint density at radius 2 is 1.92 bits per heavy atom. The lowest BCUT2D eigenvalue weighted by Crippen LogP contribution is -2.34. The first kappa shape index (κ1) is 15.4. The Hall–Kier alpha value is -2.17. The average molecular weight is 324 g/mol. The molecule has 1 aromatic carbocycles. The molecule has 5 heteroatoms. The third-order valence-electron chi connectivity index (χ3n) is 5.39. The monoisotopic (exact) mass is 324 g/mol. The van der Waals surface area contributed by atoms with E-state index in [0.717, 1.165) is 25.3 Å². The minimum atomic E-state index is 0.191. The number of aryl methyl sites for hydroxylation is 2. The first-order valence-corrected chi connectivity index (χ1v) is 9.02. The summed E-state index contributed by atoms with van der Waals surface area (Å²) in [7, 11) is 0. The minimum absolute atomic E-state index is 0.191. The van der Waals surface area contributed by atoms with Gasteiger partial charge >= 0.3 is 0 Å². The maximum atomic E-state index is 12.4. The van der Waals surface area contributed by atoms with Crippen LogP contribution in [0.4, 0.5) is 0 Å². The molecule has 0 radical (unpaired) electrons. The van der Waals surface area contributed by atoms with Crippen LogP contribution in [0.5, 0.6) is 0 Å². The van der Waals surface area contributed by atoms with Gasteiger partial charge in [-0.15, -0.1) is 0 Å². The molecule has 2 aromatic rings. The summed E-state index contributed by atoms with van der Waals surface area (Å²) in [5.74, 6) is 1.46. The van der Waals surface area contributed by atoms with Crippen molar-refractivity contribution in [1.82, 2.24) is 19.7 Å². The van der Waals surface area contributed by atoms with Gasteiger partial charge in [0.1, 0.15) is 12.2 Å². The standard InChI is InChI=1S/C19H24N4O/c24-18-12-16(13-22(18)17-8-4-5-9-17)19-20-14-21-23(19)11-10-15-6-2-1-3-7-15/h1-3,6-7,14,16-17H,4-5,8-13H2. The Kier molecular flexibility index (Phi) is 4.32. The van der Waals surface area contributed by atoms with Gasteiger partial charge in [-0.3, -0.25) is 4.79 Å². The van der Waals surface area contributed by atoms with Crippen LogP contribution in [-0.4, -0.2) is 38.2 Å². The number of amides is 1. The van der Waals surface area contributed by atoms with Crippen molar-refractivity contribution in [3.8, 4) is 0 Å². The van der Waals surface area contributed by atoms with Gasteiger partial charge in [0.15, 0.2) is 0 Å². The van der Waals surface area contributed by atoms with Crippen LogP contribution in [0.3, 0.4) is 0 Å². The summed E-state index contributed by atoms with van der Waals surface area (Å²) in [4.78, 5) is 19.0. The lowest BCUT2D eigenvalue weighted by atomic mass is 10.1. The number of hydrogen-bond acceptors (Lipinski definition) is 3. The Morgan fingerprint density at radius 3 is 2.71 bits per heavy atom. The quantitative estimate of drug-likeness (QED) is 0.850. The van der Waals surface area contributed by atoms with Crippen molar-refractivity contribution in [3.05, 3.63) is 48.0 Å². The highest BCUT2D eigenvalue weighted by Crippen LogP contribution is 2.33. The number of hydrogen-bond donors (Lipinski definition) is 0. The molecule has 2 aliphatic rings. The highest BCUT2D eigenvalue weighted by Gasteiger charge is 2.37. The second kappa shape index (κ2) is 6.75. The van der Waals surface area contributed by atoms with Crippen molar-refractivity contribution >= 4 is 5.91 Å². The number of carbonyl (C=O) groups excluding carboxylic acids is 1. The van der Waals surface area contributed by atoms with Crippen molar-refractivity contribution in [2.24, 2.45) is 0 Å². The van der Waals surface area contributed by atoms with Gasteiger partial charge in [-0.2, -0.15) is 5.10 Å². The van der Waals surface area contributed by atoms with Crippen molar-refractivity contribution in [3.63, 3.8) is 0 Å². The molecule has 4 rings (SSSR count). The molecule has 24 heavy (non-hydrogen) atoms. The van der Waals surface area contributed by atoms with E-state index in [4.69, 9.17) is 0 Å². The summed E-state index contributed by atoms with van der Waals surface area (Å²) in [5.41, 5.74) is 1.30. The molecular weight excluding hydrogens is 300 g/mol. The van der Waals surface area contributed by atoms with E-state index in [1.165, 1.54) is 31.2 Å². The summed E-state index contributed by atoms with van der Waals surface area (Å²) < 4.78 is 1.99. The molecule has 2 fully saturated rings. The zero-order valence-electron chi connectivity index (χ0n) is 14.0. The molecule has 0 bridgehead atoms. The van der Waals surface area contributed by atoms with E-state index in [2.05, 4.69) is 39.2 Å². The summed E-state index contributed by atoms with van der Waals surface area (Å²) >= 11 is 0. The zero-order valence-corrected chi connectivity index (χ0v) is 14.0. The van der Waals surface area contributed by atoms with E-state index in [-0.39, 0.29) is 5.92 Å². The van der Waals surface area contributed by atoms with E-state index in [0.29, 0.717) is 18.4 Å². The molecule has 1 unspecified atom stereocenters.